The van der Waals surface area contributed by atoms with E-state index in [4.69, 9.17) is 0 Å². The molecular weight excluding hydrogens is 292 g/mol. The molecule has 0 N–H and O–H groups in total. The molecule has 0 unspecified atom stereocenters. The van der Waals surface area contributed by atoms with Crippen LogP contribution in [-0.2, 0) is 12.8 Å². The monoisotopic (exact) mass is 310 g/mol. The molecule has 0 aliphatic carbocycles. The molecule has 2 rings (SSSR count). The maximum Gasteiger partial charge on any atom is 0.0718 e. The van der Waals surface area contributed by atoms with E-state index >= 15 is 0 Å². The first kappa shape index (κ1) is 16.7. The Bertz CT molecular complexity index is 670. The molecule has 23 heavy (non-hydrogen) atoms. The van der Waals surface area contributed by atoms with Gasteiger partial charge in [-0.2, -0.15) is 0 Å². The number of hydrogen-bond acceptors (Lipinski definition) is 4. The minimum Gasteiger partial charge on any atom is -0.545 e. The van der Waals surface area contributed by atoms with Crippen LogP contribution < -0.4 is 10.2 Å². The van der Waals surface area contributed by atoms with Crippen molar-refractivity contribution in [2.45, 2.75) is 26.7 Å². The third-order valence-corrected chi connectivity index (χ3v) is 3.81. The van der Waals surface area contributed by atoms with Gasteiger partial charge in [-0.25, -0.2) is 0 Å². The molecule has 2 aromatic rings. The third-order valence-electron chi connectivity index (χ3n) is 3.81. The molecule has 0 radical (unpaired) electrons. The molecule has 120 valence electrons. The predicted molar refractivity (Wildman–Crippen MR) is 82.7 cm³/mol. The van der Waals surface area contributed by atoms with Crippen molar-refractivity contribution < 1.29 is 19.8 Å². The minimum atomic E-state index is -1.20. The van der Waals surface area contributed by atoms with Gasteiger partial charge >= 0.3 is 0 Å². The smallest absolute Gasteiger partial charge is 0.0718 e. The number of aromatic carboxylic acids is 2. The van der Waals surface area contributed by atoms with Crippen molar-refractivity contribution in [3.05, 3.63) is 70.8 Å². The van der Waals surface area contributed by atoms with Crippen LogP contribution in [0.25, 0.3) is 0 Å². The highest BCUT2D eigenvalue weighted by Gasteiger charge is 2.22. The second-order valence-electron chi connectivity index (χ2n) is 6.41. The number of carboxylic acid groups (broad SMARTS) is 2. The molecule has 0 aliphatic heterocycles. The number of benzene rings is 2. The zero-order valence-corrected chi connectivity index (χ0v) is 13.2. The largest absolute Gasteiger partial charge is 0.545 e. The summed E-state index contributed by atoms with van der Waals surface area (Å²) in [5.74, 6) is -2.40. The van der Waals surface area contributed by atoms with Crippen molar-refractivity contribution >= 4 is 11.9 Å². The Morgan fingerprint density at radius 3 is 1.48 bits per heavy atom. The molecule has 0 amide bonds. The van der Waals surface area contributed by atoms with Crippen LogP contribution in [0.15, 0.2) is 48.5 Å². The molecule has 4 nitrogen and oxygen atoms in total. The van der Waals surface area contributed by atoms with Gasteiger partial charge in [0.25, 0.3) is 0 Å². The fraction of sp³-hybridized carbons (Fsp3) is 0.263. The van der Waals surface area contributed by atoms with E-state index in [0.29, 0.717) is 24.0 Å². The Morgan fingerprint density at radius 2 is 1.13 bits per heavy atom. The van der Waals surface area contributed by atoms with Gasteiger partial charge < -0.3 is 19.8 Å². The van der Waals surface area contributed by atoms with Crippen molar-refractivity contribution in [3.63, 3.8) is 0 Å². The van der Waals surface area contributed by atoms with Crippen LogP contribution >= 0.6 is 0 Å². The highest BCUT2D eigenvalue weighted by Crippen LogP contribution is 2.29. The Hall–Kier alpha value is -2.62. The van der Waals surface area contributed by atoms with Gasteiger partial charge in [-0.15, -0.1) is 0 Å². The van der Waals surface area contributed by atoms with Crippen molar-refractivity contribution in [1.29, 1.82) is 0 Å². The summed E-state index contributed by atoms with van der Waals surface area (Å²) in [4.78, 5) is 22.4. The molecule has 0 fully saturated rings. The first-order chi connectivity index (χ1) is 10.8. The van der Waals surface area contributed by atoms with E-state index in [1.165, 1.54) is 12.1 Å². The van der Waals surface area contributed by atoms with E-state index in [1.54, 1.807) is 36.4 Å². The second-order valence-corrected chi connectivity index (χ2v) is 6.41. The van der Waals surface area contributed by atoms with Gasteiger partial charge in [0.05, 0.1) is 11.9 Å². The number of carbonyl (C=O) groups is 2. The van der Waals surface area contributed by atoms with E-state index < -0.39 is 11.9 Å². The average molecular weight is 310 g/mol. The molecule has 2 aromatic carbocycles. The lowest BCUT2D eigenvalue weighted by molar-refractivity contribution is -0.256. The molecule has 4 heteroatoms. The summed E-state index contributed by atoms with van der Waals surface area (Å²) in [7, 11) is 0. The average Bonchev–Trinajstić information content (AvgIpc) is 2.47. The van der Waals surface area contributed by atoms with Gasteiger partial charge in [0, 0.05) is 11.1 Å². The predicted octanol–water partition coefficient (Wildman–Crippen LogP) is 1.22. The van der Waals surface area contributed by atoms with Crippen molar-refractivity contribution in [2.75, 3.05) is 0 Å². The van der Waals surface area contributed by atoms with Crippen LogP contribution in [0.4, 0.5) is 0 Å². The van der Waals surface area contributed by atoms with Crippen LogP contribution in [0, 0.1) is 5.41 Å². The van der Waals surface area contributed by atoms with E-state index in [1.807, 2.05) is 13.8 Å². The van der Waals surface area contributed by atoms with E-state index in [2.05, 4.69) is 0 Å². The standard InChI is InChI=1S/C19H20O4/c1-19(2,11-13-7-3-5-9-15(13)17(20)21)12-14-8-4-6-10-16(14)18(22)23/h3-10H,11-12H2,1-2H3,(H,20,21)(H,22,23)/p-2. The molecule has 0 saturated carbocycles. The van der Waals surface area contributed by atoms with Gasteiger partial charge in [0.1, 0.15) is 0 Å². The van der Waals surface area contributed by atoms with Crippen LogP contribution in [0.3, 0.4) is 0 Å². The highest BCUT2D eigenvalue weighted by molar-refractivity contribution is 5.88. The van der Waals surface area contributed by atoms with E-state index in [0.717, 1.165) is 0 Å². The van der Waals surface area contributed by atoms with Crippen LogP contribution in [-0.4, -0.2) is 11.9 Å². The molecule has 0 atom stereocenters. The van der Waals surface area contributed by atoms with Gasteiger partial charge in [0.15, 0.2) is 0 Å². The first-order valence-electron chi connectivity index (χ1n) is 7.39. The number of hydrogen-bond donors (Lipinski definition) is 0. The zero-order chi connectivity index (χ0) is 17.0. The second kappa shape index (κ2) is 6.65. The quantitative estimate of drug-likeness (QED) is 0.803. The lowest BCUT2D eigenvalue weighted by Crippen LogP contribution is -2.28. The van der Waals surface area contributed by atoms with E-state index in [-0.39, 0.29) is 16.5 Å². The molecule has 0 aliphatic rings. The Morgan fingerprint density at radius 1 is 0.783 bits per heavy atom. The lowest BCUT2D eigenvalue weighted by Gasteiger charge is -2.27. The molecule has 0 bridgehead atoms. The summed E-state index contributed by atoms with van der Waals surface area (Å²) in [5.41, 5.74) is 1.39. The Labute approximate surface area is 135 Å². The SMILES string of the molecule is CC(C)(Cc1ccccc1C(=O)[O-])Cc1ccccc1C(=O)[O-]. The van der Waals surface area contributed by atoms with E-state index in [9.17, 15) is 19.8 Å². The van der Waals surface area contributed by atoms with Crippen molar-refractivity contribution in [2.24, 2.45) is 5.41 Å². The normalized spacial score (nSPS) is 11.2. The topological polar surface area (TPSA) is 80.3 Å². The number of rotatable bonds is 6. The van der Waals surface area contributed by atoms with Gasteiger partial charge in [-0.3, -0.25) is 0 Å². The summed E-state index contributed by atoms with van der Waals surface area (Å²) in [6.45, 7) is 3.95. The summed E-state index contributed by atoms with van der Waals surface area (Å²) in [6, 6.07) is 13.5. The maximum absolute atomic E-state index is 11.2. The Kier molecular flexibility index (Phi) is 4.84. The summed E-state index contributed by atoms with van der Waals surface area (Å²) in [5, 5.41) is 22.4. The lowest BCUT2D eigenvalue weighted by atomic mass is 9.78. The van der Waals surface area contributed by atoms with Gasteiger partial charge in [0.2, 0.25) is 0 Å². The zero-order valence-electron chi connectivity index (χ0n) is 13.2. The maximum atomic E-state index is 11.2. The molecule has 0 saturated heterocycles. The molecular formula is C19H18O4-2. The van der Waals surface area contributed by atoms with Crippen LogP contribution in [0.5, 0.6) is 0 Å². The van der Waals surface area contributed by atoms with Crippen LogP contribution in [0.2, 0.25) is 0 Å². The third kappa shape index (κ3) is 4.19. The fourth-order valence-electron chi connectivity index (χ4n) is 2.84. The van der Waals surface area contributed by atoms with Crippen LogP contribution in [0.1, 0.15) is 45.7 Å². The minimum absolute atomic E-state index is 0.175. The van der Waals surface area contributed by atoms with Crippen molar-refractivity contribution in [1.82, 2.24) is 0 Å². The fourth-order valence-corrected chi connectivity index (χ4v) is 2.84. The van der Waals surface area contributed by atoms with Gasteiger partial charge in [-0.05, 0) is 29.4 Å². The number of carboxylic acids is 2. The van der Waals surface area contributed by atoms with Crippen molar-refractivity contribution in [3.8, 4) is 0 Å². The summed E-state index contributed by atoms with van der Waals surface area (Å²) >= 11 is 0. The molecule has 0 aromatic heterocycles. The molecule has 0 spiro atoms. The first-order valence-corrected chi connectivity index (χ1v) is 7.39. The number of carbonyl (C=O) groups excluding carboxylic acids is 2. The Balaban J connectivity index is 2.27. The molecule has 0 heterocycles. The van der Waals surface area contributed by atoms with Gasteiger partial charge in [-0.1, -0.05) is 62.4 Å². The summed E-state index contributed by atoms with van der Waals surface area (Å²) in [6.07, 6.45) is 0.997. The highest BCUT2D eigenvalue weighted by atomic mass is 16.4. The summed E-state index contributed by atoms with van der Waals surface area (Å²) < 4.78 is 0.